The van der Waals surface area contributed by atoms with Gasteiger partial charge in [0.05, 0.1) is 0 Å². The molecule has 2 rings (SSSR count). The Balaban J connectivity index is 1.87. The molecule has 20 heavy (non-hydrogen) atoms. The maximum Gasteiger partial charge on any atom is 0.227 e. The highest BCUT2D eigenvalue weighted by atomic mass is 79.9. The van der Waals surface area contributed by atoms with Crippen LogP contribution in [-0.4, -0.2) is 22.2 Å². The van der Waals surface area contributed by atoms with Crippen LogP contribution in [0, 0.1) is 0 Å². The van der Waals surface area contributed by atoms with Crippen molar-refractivity contribution in [2.75, 3.05) is 6.54 Å². The Morgan fingerprint density at radius 1 is 1.20 bits per heavy atom. The Bertz CT molecular complexity index is 543. The lowest BCUT2D eigenvalue weighted by Gasteiger charge is -2.19. The van der Waals surface area contributed by atoms with Gasteiger partial charge in [-0.05, 0) is 38.5 Å². The van der Waals surface area contributed by atoms with E-state index in [1.165, 1.54) is 5.56 Å². The van der Waals surface area contributed by atoms with Crippen LogP contribution in [0.4, 0.5) is 0 Å². The van der Waals surface area contributed by atoms with Crippen molar-refractivity contribution < 1.29 is 4.52 Å². The summed E-state index contributed by atoms with van der Waals surface area (Å²) in [5.74, 6) is 1.42. The first kappa shape index (κ1) is 15.2. The molecule has 2 aromatic rings. The van der Waals surface area contributed by atoms with Crippen LogP contribution in [0.15, 0.2) is 33.3 Å². The number of rotatable bonds is 5. The summed E-state index contributed by atoms with van der Waals surface area (Å²) < 4.78 is 6.34. The van der Waals surface area contributed by atoms with E-state index >= 15 is 0 Å². The van der Waals surface area contributed by atoms with E-state index in [-0.39, 0.29) is 5.54 Å². The van der Waals surface area contributed by atoms with Crippen molar-refractivity contribution in [2.24, 2.45) is 0 Å². The molecule has 0 amide bonds. The van der Waals surface area contributed by atoms with Gasteiger partial charge in [0, 0.05) is 29.4 Å². The van der Waals surface area contributed by atoms with Crippen molar-refractivity contribution in [3.05, 3.63) is 46.0 Å². The van der Waals surface area contributed by atoms with Gasteiger partial charge in [0.1, 0.15) is 0 Å². The summed E-state index contributed by atoms with van der Waals surface area (Å²) in [6, 6.07) is 8.15. The number of benzene rings is 1. The molecule has 0 unspecified atom stereocenters. The van der Waals surface area contributed by atoms with Crippen molar-refractivity contribution in [2.45, 2.75) is 39.2 Å². The molecule has 0 saturated carbocycles. The Kier molecular flexibility index (Phi) is 4.94. The second-order valence-corrected chi connectivity index (χ2v) is 6.75. The first-order chi connectivity index (χ1) is 9.42. The van der Waals surface area contributed by atoms with Crippen LogP contribution < -0.4 is 5.32 Å². The Hall–Kier alpha value is -1.20. The SMILES string of the molecule is CC(C)(C)NCCc1nc(Cc2ccc(Br)cc2)no1. The molecule has 0 saturated heterocycles. The standard InChI is InChI=1S/C15H20BrN3O/c1-15(2,3)17-9-8-14-18-13(19-20-14)10-11-4-6-12(16)7-5-11/h4-7,17H,8-10H2,1-3H3. The van der Waals surface area contributed by atoms with E-state index in [0.717, 1.165) is 23.3 Å². The summed E-state index contributed by atoms with van der Waals surface area (Å²) in [4.78, 5) is 4.42. The molecule has 5 heteroatoms. The third-order valence-electron chi connectivity index (χ3n) is 2.78. The second kappa shape index (κ2) is 6.50. The average Bonchev–Trinajstić information content (AvgIpc) is 2.78. The van der Waals surface area contributed by atoms with Crippen molar-refractivity contribution in [1.29, 1.82) is 0 Å². The first-order valence-corrected chi connectivity index (χ1v) is 7.53. The van der Waals surface area contributed by atoms with Crippen LogP contribution >= 0.6 is 15.9 Å². The highest BCUT2D eigenvalue weighted by molar-refractivity contribution is 9.10. The van der Waals surface area contributed by atoms with Gasteiger partial charge in [-0.1, -0.05) is 33.2 Å². The average molecular weight is 338 g/mol. The Labute approximate surface area is 128 Å². The fourth-order valence-electron chi connectivity index (χ4n) is 1.79. The molecule has 0 aliphatic rings. The molecule has 1 aromatic heterocycles. The maximum absolute atomic E-state index is 5.26. The molecular weight excluding hydrogens is 318 g/mol. The molecule has 0 bridgehead atoms. The van der Waals surface area contributed by atoms with Gasteiger partial charge in [0.15, 0.2) is 5.82 Å². The van der Waals surface area contributed by atoms with E-state index in [1.807, 2.05) is 12.1 Å². The van der Waals surface area contributed by atoms with Gasteiger partial charge in [0.2, 0.25) is 5.89 Å². The fourth-order valence-corrected chi connectivity index (χ4v) is 2.06. The highest BCUT2D eigenvalue weighted by Gasteiger charge is 2.11. The number of aromatic nitrogens is 2. The first-order valence-electron chi connectivity index (χ1n) is 6.73. The summed E-state index contributed by atoms with van der Waals surface area (Å²) in [5.41, 5.74) is 1.29. The molecular formula is C15H20BrN3O. The zero-order chi connectivity index (χ0) is 14.6. The number of hydrogen-bond donors (Lipinski definition) is 1. The fraction of sp³-hybridized carbons (Fsp3) is 0.467. The molecule has 1 aromatic carbocycles. The third-order valence-corrected chi connectivity index (χ3v) is 3.31. The Morgan fingerprint density at radius 2 is 1.90 bits per heavy atom. The van der Waals surface area contributed by atoms with Crippen LogP contribution in [0.1, 0.15) is 38.0 Å². The largest absolute Gasteiger partial charge is 0.339 e. The molecule has 0 aliphatic carbocycles. The van der Waals surface area contributed by atoms with E-state index in [1.54, 1.807) is 0 Å². The highest BCUT2D eigenvalue weighted by Crippen LogP contribution is 2.13. The third kappa shape index (κ3) is 5.06. The lowest BCUT2D eigenvalue weighted by molar-refractivity contribution is 0.359. The van der Waals surface area contributed by atoms with Crippen LogP contribution in [0.25, 0.3) is 0 Å². The lowest BCUT2D eigenvalue weighted by atomic mass is 10.1. The molecule has 108 valence electrons. The summed E-state index contributed by atoms with van der Waals surface area (Å²) in [5, 5.41) is 7.43. The molecule has 4 nitrogen and oxygen atoms in total. The van der Waals surface area contributed by atoms with Crippen molar-refractivity contribution in [3.8, 4) is 0 Å². The van der Waals surface area contributed by atoms with Crippen LogP contribution in [0.5, 0.6) is 0 Å². The molecule has 0 radical (unpaired) electrons. The van der Waals surface area contributed by atoms with Crippen molar-refractivity contribution >= 4 is 15.9 Å². The van der Waals surface area contributed by atoms with E-state index < -0.39 is 0 Å². The Morgan fingerprint density at radius 3 is 2.55 bits per heavy atom. The maximum atomic E-state index is 5.26. The van der Waals surface area contributed by atoms with Crippen molar-refractivity contribution in [3.63, 3.8) is 0 Å². The van der Waals surface area contributed by atoms with E-state index in [2.05, 4.69) is 64.3 Å². The van der Waals surface area contributed by atoms with Gasteiger partial charge in [-0.15, -0.1) is 0 Å². The minimum Gasteiger partial charge on any atom is -0.339 e. The lowest BCUT2D eigenvalue weighted by Crippen LogP contribution is -2.37. The van der Waals surface area contributed by atoms with Gasteiger partial charge < -0.3 is 9.84 Å². The number of hydrogen-bond acceptors (Lipinski definition) is 4. The van der Waals surface area contributed by atoms with Gasteiger partial charge >= 0.3 is 0 Å². The molecule has 1 N–H and O–H groups in total. The van der Waals surface area contributed by atoms with E-state index in [9.17, 15) is 0 Å². The molecule has 0 aliphatic heterocycles. The van der Waals surface area contributed by atoms with E-state index in [0.29, 0.717) is 12.3 Å². The van der Waals surface area contributed by atoms with Crippen LogP contribution in [0.2, 0.25) is 0 Å². The zero-order valence-corrected chi connectivity index (χ0v) is 13.7. The molecule has 0 spiro atoms. The quantitative estimate of drug-likeness (QED) is 0.908. The smallest absolute Gasteiger partial charge is 0.227 e. The van der Waals surface area contributed by atoms with Crippen LogP contribution in [0.3, 0.4) is 0 Å². The van der Waals surface area contributed by atoms with E-state index in [4.69, 9.17) is 4.52 Å². The van der Waals surface area contributed by atoms with Gasteiger partial charge in [0.25, 0.3) is 0 Å². The van der Waals surface area contributed by atoms with Crippen LogP contribution in [-0.2, 0) is 12.8 Å². The van der Waals surface area contributed by atoms with Crippen molar-refractivity contribution in [1.82, 2.24) is 15.5 Å². The number of nitrogens with zero attached hydrogens (tertiary/aromatic N) is 2. The normalized spacial score (nSPS) is 11.8. The summed E-state index contributed by atoms with van der Waals surface area (Å²) in [7, 11) is 0. The summed E-state index contributed by atoms with van der Waals surface area (Å²) >= 11 is 3.42. The van der Waals surface area contributed by atoms with Gasteiger partial charge in [-0.25, -0.2) is 0 Å². The number of nitrogens with one attached hydrogen (secondary N) is 1. The predicted molar refractivity (Wildman–Crippen MR) is 82.7 cm³/mol. The topological polar surface area (TPSA) is 51.0 Å². The summed E-state index contributed by atoms with van der Waals surface area (Å²) in [6.45, 7) is 7.25. The number of halogens is 1. The minimum absolute atomic E-state index is 0.111. The predicted octanol–water partition coefficient (Wildman–Crippen LogP) is 3.35. The van der Waals surface area contributed by atoms with Gasteiger partial charge in [-0.3, -0.25) is 0 Å². The molecule has 0 fully saturated rings. The minimum atomic E-state index is 0.111. The molecule has 1 heterocycles. The molecule has 0 atom stereocenters. The summed E-state index contributed by atoms with van der Waals surface area (Å²) in [6.07, 6.45) is 1.45. The van der Waals surface area contributed by atoms with Gasteiger partial charge in [-0.2, -0.15) is 4.98 Å². The monoisotopic (exact) mass is 337 g/mol. The second-order valence-electron chi connectivity index (χ2n) is 5.83. The zero-order valence-electron chi connectivity index (χ0n) is 12.1.